The minimum Gasteiger partial charge on any atom is -0.351 e. The van der Waals surface area contributed by atoms with E-state index in [1.54, 1.807) is 24.3 Å². The summed E-state index contributed by atoms with van der Waals surface area (Å²) in [6, 6.07) is 9.29. The highest BCUT2D eigenvalue weighted by molar-refractivity contribution is 7.90. The van der Waals surface area contributed by atoms with Gasteiger partial charge in [0.15, 0.2) is 0 Å². The number of rotatable bonds is 4. The smallest absolute Gasteiger partial charge is 0.251 e. The van der Waals surface area contributed by atoms with E-state index < -0.39 is 9.84 Å². The number of carbonyl (C=O) groups is 1. The van der Waals surface area contributed by atoms with Crippen molar-refractivity contribution in [3.63, 3.8) is 0 Å². The Kier molecular flexibility index (Phi) is 3.85. The summed E-state index contributed by atoms with van der Waals surface area (Å²) in [4.78, 5) is 11.4. The van der Waals surface area contributed by atoms with Gasteiger partial charge in [0, 0.05) is 18.4 Å². The number of benzene rings is 1. The lowest BCUT2D eigenvalue weighted by Gasteiger charge is -2.03. The zero-order valence-corrected chi connectivity index (χ0v) is 9.17. The molecule has 0 aliphatic rings. The highest BCUT2D eigenvalue weighted by atomic mass is 32.2. The van der Waals surface area contributed by atoms with Gasteiger partial charge in [0.05, 0.1) is 5.75 Å². The predicted molar refractivity (Wildman–Crippen MR) is 57.3 cm³/mol. The molecule has 0 aliphatic carbocycles. The van der Waals surface area contributed by atoms with E-state index in [1.165, 1.54) is 0 Å². The highest BCUT2D eigenvalue weighted by Gasteiger charge is 2.06. The molecule has 0 aromatic heterocycles. The molecule has 81 valence electrons. The van der Waals surface area contributed by atoms with Gasteiger partial charge in [-0.3, -0.25) is 4.79 Å². The van der Waals surface area contributed by atoms with Crippen LogP contribution in [0.4, 0.5) is 0 Å². The summed E-state index contributed by atoms with van der Waals surface area (Å²) in [5.74, 6) is -0.315. The van der Waals surface area contributed by atoms with E-state index in [-0.39, 0.29) is 18.2 Å². The third-order valence-electron chi connectivity index (χ3n) is 1.74. The largest absolute Gasteiger partial charge is 0.351 e. The first-order valence-corrected chi connectivity index (χ1v) is 6.47. The first kappa shape index (κ1) is 11.7. The Morgan fingerprint density at radius 3 is 2.53 bits per heavy atom. The number of carbonyl (C=O) groups excluding carboxylic acids is 1. The van der Waals surface area contributed by atoms with Crippen LogP contribution in [0.2, 0.25) is 0 Å². The van der Waals surface area contributed by atoms with Crippen molar-refractivity contribution in [1.29, 1.82) is 0 Å². The maximum atomic E-state index is 11.4. The van der Waals surface area contributed by atoms with E-state index in [2.05, 4.69) is 11.4 Å². The standard InChI is InChI=1S/C10H12NO3S/c1-15(13,14)8-7-11-10(12)9-5-3-2-4-6-9/h3-6H,7-8H2,1H3,(H,11,12). The first-order chi connectivity index (χ1) is 6.99. The van der Waals surface area contributed by atoms with Crippen molar-refractivity contribution in [3.05, 3.63) is 35.9 Å². The molecule has 0 aliphatic heterocycles. The fourth-order valence-electron chi connectivity index (χ4n) is 0.990. The molecule has 1 N–H and O–H groups in total. The molecule has 0 spiro atoms. The van der Waals surface area contributed by atoms with Gasteiger partial charge in [0.25, 0.3) is 5.91 Å². The molecule has 1 aromatic rings. The monoisotopic (exact) mass is 226 g/mol. The number of hydrogen-bond acceptors (Lipinski definition) is 3. The molecule has 0 bridgehead atoms. The molecule has 0 saturated heterocycles. The molecule has 1 amide bonds. The van der Waals surface area contributed by atoms with Gasteiger partial charge >= 0.3 is 0 Å². The Balaban J connectivity index is 2.45. The second kappa shape index (κ2) is 4.93. The van der Waals surface area contributed by atoms with E-state index in [4.69, 9.17) is 0 Å². The van der Waals surface area contributed by atoms with Crippen molar-refractivity contribution in [3.8, 4) is 0 Å². The van der Waals surface area contributed by atoms with Gasteiger partial charge in [-0.25, -0.2) is 8.42 Å². The second-order valence-corrected chi connectivity index (χ2v) is 5.43. The van der Waals surface area contributed by atoms with Crippen LogP contribution in [0, 0.1) is 6.07 Å². The van der Waals surface area contributed by atoms with Crippen LogP contribution in [0.1, 0.15) is 10.4 Å². The molecule has 0 fully saturated rings. The van der Waals surface area contributed by atoms with Crippen LogP contribution < -0.4 is 5.32 Å². The number of hydrogen-bond donors (Lipinski definition) is 1. The van der Waals surface area contributed by atoms with Crippen LogP contribution in [0.25, 0.3) is 0 Å². The lowest BCUT2D eigenvalue weighted by Crippen LogP contribution is -2.28. The van der Waals surface area contributed by atoms with Gasteiger partial charge in [-0.05, 0) is 18.2 Å². The minimum absolute atomic E-state index is 0.0439. The van der Waals surface area contributed by atoms with E-state index in [0.29, 0.717) is 5.56 Å². The van der Waals surface area contributed by atoms with E-state index in [1.807, 2.05) is 0 Å². The van der Waals surface area contributed by atoms with Gasteiger partial charge in [-0.15, -0.1) is 0 Å². The Bertz CT molecular complexity index is 425. The molecular formula is C10H12NO3S. The Morgan fingerprint density at radius 2 is 2.00 bits per heavy atom. The average molecular weight is 226 g/mol. The third kappa shape index (κ3) is 4.60. The summed E-state index contributed by atoms with van der Waals surface area (Å²) >= 11 is 0. The summed E-state index contributed by atoms with van der Waals surface area (Å²) < 4.78 is 21.6. The maximum Gasteiger partial charge on any atom is 0.251 e. The SMILES string of the molecule is CS(=O)(=O)CCNC(=O)c1cc[c]cc1. The Labute approximate surface area is 89.2 Å². The predicted octanol–water partition coefficient (Wildman–Crippen LogP) is 0.261. The molecule has 0 heterocycles. The van der Waals surface area contributed by atoms with E-state index in [0.717, 1.165) is 6.26 Å². The summed E-state index contributed by atoms with van der Waals surface area (Å²) in [5.41, 5.74) is 0.502. The number of sulfone groups is 1. The summed E-state index contributed by atoms with van der Waals surface area (Å²) in [5, 5.41) is 2.52. The normalized spacial score (nSPS) is 11.0. The van der Waals surface area contributed by atoms with Gasteiger partial charge in [-0.1, -0.05) is 12.1 Å². The topological polar surface area (TPSA) is 63.2 Å². The molecule has 4 nitrogen and oxygen atoms in total. The van der Waals surface area contributed by atoms with Crippen molar-refractivity contribution >= 4 is 15.7 Å². The Morgan fingerprint density at radius 1 is 1.40 bits per heavy atom. The molecule has 1 aromatic carbocycles. The van der Waals surface area contributed by atoms with Crippen LogP contribution in [0.15, 0.2) is 24.3 Å². The van der Waals surface area contributed by atoms with Gasteiger partial charge in [0.2, 0.25) is 0 Å². The van der Waals surface area contributed by atoms with Crippen molar-refractivity contribution < 1.29 is 13.2 Å². The van der Waals surface area contributed by atoms with Crippen molar-refractivity contribution in [1.82, 2.24) is 5.32 Å². The molecule has 1 rings (SSSR count). The highest BCUT2D eigenvalue weighted by Crippen LogP contribution is 1.96. The molecular weight excluding hydrogens is 214 g/mol. The molecule has 0 atom stereocenters. The van der Waals surface area contributed by atoms with E-state index in [9.17, 15) is 13.2 Å². The molecule has 0 saturated carbocycles. The Hall–Kier alpha value is -1.36. The quantitative estimate of drug-likeness (QED) is 0.801. The second-order valence-electron chi connectivity index (χ2n) is 3.17. The van der Waals surface area contributed by atoms with Crippen LogP contribution >= 0.6 is 0 Å². The fourth-order valence-corrected chi connectivity index (χ4v) is 1.46. The zero-order chi connectivity index (χ0) is 11.3. The number of nitrogens with one attached hydrogen (secondary N) is 1. The van der Waals surface area contributed by atoms with Crippen LogP contribution in [-0.2, 0) is 9.84 Å². The summed E-state index contributed by atoms with van der Waals surface area (Å²) in [6.07, 6.45) is 1.14. The summed E-state index contributed by atoms with van der Waals surface area (Å²) in [7, 11) is -3.02. The average Bonchev–Trinajstić information content (AvgIpc) is 2.17. The van der Waals surface area contributed by atoms with Gasteiger partial charge in [-0.2, -0.15) is 0 Å². The first-order valence-electron chi connectivity index (χ1n) is 4.41. The molecule has 15 heavy (non-hydrogen) atoms. The lowest BCUT2D eigenvalue weighted by atomic mass is 10.2. The van der Waals surface area contributed by atoms with Crippen LogP contribution in [0.3, 0.4) is 0 Å². The van der Waals surface area contributed by atoms with Crippen molar-refractivity contribution in [2.45, 2.75) is 0 Å². The van der Waals surface area contributed by atoms with Crippen molar-refractivity contribution in [2.75, 3.05) is 18.6 Å². The molecule has 5 heteroatoms. The molecule has 1 radical (unpaired) electrons. The minimum atomic E-state index is -3.02. The lowest BCUT2D eigenvalue weighted by molar-refractivity contribution is 0.0956. The summed E-state index contributed by atoms with van der Waals surface area (Å²) in [6.45, 7) is 0.135. The van der Waals surface area contributed by atoms with Gasteiger partial charge in [0.1, 0.15) is 9.84 Å². The van der Waals surface area contributed by atoms with Crippen molar-refractivity contribution in [2.24, 2.45) is 0 Å². The zero-order valence-electron chi connectivity index (χ0n) is 8.36. The van der Waals surface area contributed by atoms with Gasteiger partial charge < -0.3 is 5.32 Å². The van der Waals surface area contributed by atoms with Crippen LogP contribution in [0.5, 0.6) is 0 Å². The maximum absolute atomic E-state index is 11.4. The fraction of sp³-hybridized carbons (Fsp3) is 0.300. The number of amides is 1. The van der Waals surface area contributed by atoms with E-state index >= 15 is 0 Å². The van der Waals surface area contributed by atoms with Crippen LogP contribution in [-0.4, -0.2) is 32.9 Å². The molecule has 0 unspecified atom stereocenters. The third-order valence-corrected chi connectivity index (χ3v) is 2.68.